The zero-order valence-electron chi connectivity index (χ0n) is 25.5. The Labute approximate surface area is 260 Å². The summed E-state index contributed by atoms with van der Waals surface area (Å²) in [4.78, 5) is 11.8. The van der Waals surface area contributed by atoms with Crippen molar-refractivity contribution in [2.45, 2.75) is 124 Å². The Morgan fingerprint density at radius 1 is 1.00 bits per heavy atom. The fraction of sp³-hybridized carbons (Fsp3) is 0.889. The van der Waals surface area contributed by atoms with Crippen LogP contribution in [0.25, 0.3) is 0 Å². The van der Waals surface area contributed by atoms with Crippen molar-refractivity contribution in [2.75, 3.05) is 26.7 Å². The quantitative estimate of drug-likeness (QED) is 0.0994. The maximum absolute atomic E-state index is 11.8. The summed E-state index contributed by atoms with van der Waals surface area (Å²) >= 11 is 0. The third kappa shape index (κ3) is 7.77. The van der Waals surface area contributed by atoms with E-state index in [1.165, 1.54) is 6.92 Å². The van der Waals surface area contributed by atoms with Gasteiger partial charge in [-0.05, 0) is 39.4 Å². The van der Waals surface area contributed by atoms with Gasteiger partial charge in [0.1, 0.15) is 54.1 Å². The molecule has 3 heterocycles. The van der Waals surface area contributed by atoms with Crippen molar-refractivity contribution < 1.29 is 63.9 Å². The number of nitrogens with two attached hydrogens (primary N) is 3. The molecule has 3 aliphatic heterocycles. The summed E-state index contributed by atoms with van der Waals surface area (Å²) in [5.41, 5.74) is 17.3. The lowest BCUT2D eigenvalue weighted by Crippen LogP contribution is -2.70. The molecule has 0 bridgehead atoms. The largest absolute Gasteiger partial charge is 0.479 e. The van der Waals surface area contributed by atoms with Crippen LogP contribution in [-0.2, 0) is 33.2 Å². The summed E-state index contributed by atoms with van der Waals surface area (Å²) in [7, 11) is 1.57. The van der Waals surface area contributed by atoms with Gasteiger partial charge in [-0.15, -0.1) is 0 Å². The van der Waals surface area contributed by atoms with Gasteiger partial charge in [-0.2, -0.15) is 0 Å². The predicted octanol–water partition coefficient (Wildman–Crippen LogP) is -5.28. The van der Waals surface area contributed by atoms with Gasteiger partial charge in [0.15, 0.2) is 18.7 Å². The standard InChI is InChI=1S/C27H49N5O13/c1-4-32-13-7-12(30)18(42-24-11(29)6-5-10(8-28)41-24)21(45-26-16(35)14(33)15(34)20(44-26)23(37)38)19(13)43-25-17(36)22(31-3)27(2,39)9-40-25/h5,11-22,24-26,31-36,39H,4,6-9,28-30H2,1-3H3,(H,37,38)/t11-,12+,13-,14?,15?,16?,17-,18-,19+,20?,21+,22-,24-,25-,26?,27+/m1/s1. The highest BCUT2D eigenvalue weighted by molar-refractivity contribution is 5.73. The van der Waals surface area contributed by atoms with Gasteiger partial charge in [-0.3, -0.25) is 0 Å². The monoisotopic (exact) mass is 651 g/mol. The normalized spacial score (nSPS) is 47.5. The van der Waals surface area contributed by atoms with Crippen LogP contribution in [0.3, 0.4) is 0 Å². The summed E-state index contributed by atoms with van der Waals surface area (Å²) in [5.74, 6) is -1.15. The molecule has 5 unspecified atom stereocenters. The molecule has 4 aliphatic rings. The molecule has 0 aromatic rings. The fourth-order valence-electron chi connectivity index (χ4n) is 6.31. The van der Waals surface area contributed by atoms with Crippen LogP contribution in [0, 0.1) is 0 Å². The highest BCUT2D eigenvalue weighted by Gasteiger charge is 2.55. The molecule has 0 amide bonds. The minimum Gasteiger partial charge on any atom is -0.479 e. The Morgan fingerprint density at radius 2 is 1.67 bits per heavy atom. The van der Waals surface area contributed by atoms with E-state index in [0.29, 0.717) is 18.7 Å². The second kappa shape index (κ2) is 15.1. The lowest BCUT2D eigenvalue weighted by Gasteiger charge is -2.51. The van der Waals surface area contributed by atoms with Gasteiger partial charge >= 0.3 is 5.97 Å². The summed E-state index contributed by atoms with van der Waals surface area (Å²) in [6, 6.07) is -2.84. The van der Waals surface area contributed by atoms with Crippen LogP contribution in [0.1, 0.15) is 26.7 Å². The number of rotatable bonds is 11. The number of ether oxygens (including phenoxy) is 6. The maximum Gasteiger partial charge on any atom is 0.335 e. The topological polar surface area (TPSA) is 296 Å². The van der Waals surface area contributed by atoms with Gasteiger partial charge in [0.05, 0.1) is 25.2 Å². The summed E-state index contributed by atoms with van der Waals surface area (Å²) in [6.45, 7) is 3.69. The molecule has 18 heteroatoms. The van der Waals surface area contributed by atoms with Crippen molar-refractivity contribution >= 4 is 5.97 Å². The van der Waals surface area contributed by atoms with Gasteiger partial charge in [0.25, 0.3) is 0 Å². The summed E-state index contributed by atoms with van der Waals surface area (Å²) in [5, 5.41) is 69.2. The molecule has 2 saturated heterocycles. The fourth-order valence-corrected chi connectivity index (χ4v) is 6.31. The summed E-state index contributed by atoms with van der Waals surface area (Å²) in [6.07, 6.45) is -14.4. The Balaban J connectivity index is 1.70. The number of likely N-dealkylation sites (N-methyl/N-ethyl adjacent to an activating group) is 2. The van der Waals surface area contributed by atoms with E-state index in [4.69, 9.17) is 45.6 Å². The number of hydrogen-bond donors (Lipinski definition) is 11. The molecule has 1 aliphatic carbocycles. The molecule has 45 heavy (non-hydrogen) atoms. The van der Waals surface area contributed by atoms with Crippen LogP contribution < -0.4 is 27.8 Å². The van der Waals surface area contributed by atoms with Crippen LogP contribution in [0.2, 0.25) is 0 Å². The Bertz CT molecular complexity index is 1030. The predicted molar refractivity (Wildman–Crippen MR) is 153 cm³/mol. The van der Waals surface area contributed by atoms with E-state index in [1.807, 2.05) is 6.92 Å². The number of hydrogen-bond acceptors (Lipinski definition) is 17. The molecule has 260 valence electrons. The SMILES string of the molecule is CCN[C@@H]1C[C@H](N)[C@@H](O[C@H]2OC(CN)=CC[C@H]2N)[C@H](OC2OC(C(=O)O)C(O)C(O)C2O)[C@H]1O[C@H]1OC[C@](C)(O)[C@H](NC)[C@H]1O. The van der Waals surface area contributed by atoms with Gasteiger partial charge in [0, 0.05) is 12.1 Å². The molecule has 0 radical (unpaired) electrons. The van der Waals surface area contributed by atoms with Crippen molar-refractivity contribution in [3.05, 3.63) is 11.8 Å². The van der Waals surface area contributed by atoms with E-state index in [-0.39, 0.29) is 19.6 Å². The molecule has 14 N–H and O–H groups in total. The second-order valence-corrected chi connectivity index (χ2v) is 12.2. The van der Waals surface area contributed by atoms with Crippen molar-refractivity contribution in [3.63, 3.8) is 0 Å². The molecular formula is C27H49N5O13. The molecule has 0 aromatic heterocycles. The van der Waals surface area contributed by atoms with E-state index in [1.54, 1.807) is 13.1 Å². The first-order valence-corrected chi connectivity index (χ1v) is 15.1. The van der Waals surface area contributed by atoms with Crippen molar-refractivity contribution in [3.8, 4) is 0 Å². The Hall–Kier alpha value is -1.59. The molecular weight excluding hydrogens is 602 g/mol. The molecule has 0 spiro atoms. The first-order valence-electron chi connectivity index (χ1n) is 15.1. The minimum absolute atomic E-state index is 0.0870. The molecule has 3 fully saturated rings. The van der Waals surface area contributed by atoms with E-state index >= 15 is 0 Å². The molecule has 4 rings (SSSR count). The molecule has 18 nitrogen and oxygen atoms in total. The lowest BCUT2D eigenvalue weighted by atomic mass is 9.83. The highest BCUT2D eigenvalue weighted by atomic mass is 16.7. The first kappa shape index (κ1) is 36.2. The molecule has 0 aromatic carbocycles. The van der Waals surface area contributed by atoms with Gasteiger partial charge in [-0.1, -0.05) is 6.92 Å². The second-order valence-electron chi connectivity index (χ2n) is 12.2. The zero-order valence-corrected chi connectivity index (χ0v) is 25.5. The van der Waals surface area contributed by atoms with Crippen molar-refractivity contribution in [1.82, 2.24) is 10.6 Å². The van der Waals surface area contributed by atoms with E-state index in [2.05, 4.69) is 10.6 Å². The van der Waals surface area contributed by atoms with E-state index in [9.17, 15) is 35.4 Å². The number of aliphatic hydroxyl groups excluding tert-OH is 4. The van der Waals surface area contributed by atoms with Crippen molar-refractivity contribution in [1.29, 1.82) is 0 Å². The first-order chi connectivity index (χ1) is 21.2. The Kier molecular flexibility index (Phi) is 12.2. The lowest BCUT2D eigenvalue weighted by molar-refractivity contribution is -0.348. The zero-order chi connectivity index (χ0) is 33.2. The number of aliphatic hydroxyl groups is 5. The Morgan fingerprint density at radius 3 is 2.29 bits per heavy atom. The number of carboxylic acid groups (broad SMARTS) is 1. The minimum atomic E-state index is -1.95. The average Bonchev–Trinajstić information content (AvgIpc) is 2.98. The van der Waals surface area contributed by atoms with Crippen molar-refractivity contribution in [2.24, 2.45) is 17.2 Å². The van der Waals surface area contributed by atoms with Crippen LogP contribution in [0.15, 0.2) is 11.8 Å². The third-order valence-corrected chi connectivity index (χ3v) is 8.72. The number of carboxylic acids is 1. The molecule has 16 atom stereocenters. The highest BCUT2D eigenvalue weighted by Crippen LogP contribution is 2.35. The average molecular weight is 652 g/mol. The summed E-state index contributed by atoms with van der Waals surface area (Å²) < 4.78 is 35.9. The number of aliphatic carboxylic acids is 1. The van der Waals surface area contributed by atoms with Crippen LogP contribution in [0.4, 0.5) is 0 Å². The van der Waals surface area contributed by atoms with Gasteiger partial charge in [-0.25, -0.2) is 4.79 Å². The van der Waals surface area contributed by atoms with Gasteiger partial charge < -0.3 is 86.9 Å². The smallest absolute Gasteiger partial charge is 0.335 e. The van der Waals surface area contributed by atoms with E-state index < -0.39 is 103 Å². The van der Waals surface area contributed by atoms with Crippen LogP contribution in [-0.4, -0.2) is 161 Å². The van der Waals surface area contributed by atoms with E-state index in [0.717, 1.165) is 0 Å². The van der Waals surface area contributed by atoms with Crippen LogP contribution >= 0.6 is 0 Å². The maximum atomic E-state index is 11.8. The number of nitrogens with one attached hydrogen (secondary N) is 2. The van der Waals surface area contributed by atoms with Crippen LogP contribution in [0.5, 0.6) is 0 Å². The van der Waals surface area contributed by atoms with Gasteiger partial charge in [0.2, 0.25) is 6.29 Å². The number of carbonyl (C=O) groups is 1. The molecule has 1 saturated carbocycles. The third-order valence-electron chi connectivity index (χ3n) is 8.72.